The standard InChI is InChI=1S/C17H22N2O4.C17H22N2O.C12H23N.C8H10Cl2O2.C8H12O2.2C7H10O3.C6H10O.C5H8O2.ClH/c1-17(2,3)12-5-6-14(15(10-12)19(22)23)18-16(21)7-4-11-8-13(20)9-11;1-17(2,3)12-5-6-14-15(10-12)19-16(18-14)7-4-11-8-13(20)9-11;1-3-7-11(8-4-1)13-12-9-5-2-6-10-12;1-5(11)2-3-6-4-7(12)8(6,9)10;1-6(9)2-3-7-4-8(10)5-7;2*8-6-3-5(4-6)1-2-7(9)10;1-3-4-5-6(2)7;1-2-3-4-5(6)7;/h5-6,10-11H,4,7-9H2,1-3H3,(H,18,21);5-6,10-11H,4,7-9H2,1-3H3,(H,18,19);11-13H,1-10H2;6H,2-4H2,1H3;7H,2-5H2,1H3;2*5H,1-4H2,(H,9,10);3H,1,4-5H2,2H3;2H,1,3-4H2,(H,6,7);1H. The third kappa shape index (κ3) is 42.6. The molecule has 1 unspecified atom stereocenters. The van der Waals surface area contributed by atoms with E-state index in [2.05, 4.69) is 72.7 Å². The van der Waals surface area contributed by atoms with E-state index in [0.717, 1.165) is 73.0 Å². The van der Waals surface area contributed by atoms with Crippen molar-refractivity contribution in [1.82, 2.24) is 9.97 Å². The van der Waals surface area contributed by atoms with Crippen molar-refractivity contribution in [2.75, 3.05) is 5.32 Å². The number of carbonyl (C=O) groups excluding carboxylic acids is 11. The Balaban J connectivity index is 0.000000443. The number of imidazole rings is 1. The number of anilines is 1. The van der Waals surface area contributed by atoms with Crippen molar-refractivity contribution in [2.45, 2.75) is 327 Å². The van der Waals surface area contributed by atoms with Gasteiger partial charge in [0.05, 0.1) is 28.0 Å². The van der Waals surface area contributed by atoms with E-state index < -0.39 is 27.2 Å². The minimum atomic E-state index is -1.21. The molecule has 26 heteroatoms. The van der Waals surface area contributed by atoms with Crippen LogP contribution in [0.2, 0.25) is 0 Å². The number of aryl methyl sites for hydroxylation is 1. The summed E-state index contributed by atoms with van der Waals surface area (Å²) in [6.07, 6.45) is 34.5. The molecule has 1 aromatic heterocycles. The van der Waals surface area contributed by atoms with Crippen molar-refractivity contribution < 1.29 is 87.9 Å². The number of aromatic nitrogens is 2. The highest BCUT2D eigenvalue weighted by Gasteiger charge is 2.52. The second-order valence-electron chi connectivity index (χ2n) is 33.6. The van der Waals surface area contributed by atoms with Gasteiger partial charge in [-0.2, -0.15) is 0 Å². The van der Waals surface area contributed by atoms with Crippen LogP contribution in [0.15, 0.2) is 61.7 Å². The van der Waals surface area contributed by atoms with Gasteiger partial charge in [0.1, 0.15) is 57.8 Å². The average Bonchev–Trinajstić information content (AvgIpc) is 1.34. The van der Waals surface area contributed by atoms with Gasteiger partial charge in [-0.1, -0.05) is 102 Å². The van der Waals surface area contributed by atoms with Crippen LogP contribution in [0.5, 0.6) is 0 Å². The lowest BCUT2D eigenvalue weighted by Gasteiger charge is -2.37. The molecule has 8 aliphatic rings. The second kappa shape index (κ2) is 52.2. The zero-order valence-corrected chi connectivity index (χ0v) is 70.7. The molecule has 3 aromatic rings. The monoisotopic (exact) mass is 1640 g/mol. The number of halogens is 3. The maximum absolute atomic E-state index is 12.0. The van der Waals surface area contributed by atoms with Crippen molar-refractivity contribution in [3.05, 3.63) is 88.8 Å². The normalized spacial score (nSPS) is 18.0. The van der Waals surface area contributed by atoms with Gasteiger partial charge in [0.15, 0.2) is 10.1 Å². The number of rotatable bonds is 28. The molecule has 0 spiro atoms. The molecule has 0 bridgehead atoms. The van der Waals surface area contributed by atoms with Gasteiger partial charge in [-0.25, -0.2) is 4.98 Å². The van der Waals surface area contributed by atoms with Gasteiger partial charge in [0, 0.05) is 134 Å². The van der Waals surface area contributed by atoms with Crippen molar-refractivity contribution in [2.24, 2.45) is 35.5 Å². The van der Waals surface area contributed by atoms with E-state index in [0.29, 0.717) is 144 Å². The van der Waals surface area contributed by atoms with E-state index in [1.165, 1.54) is 82.8 Å². The molecule has 8 aliphatic carbocycles. The summed E-state index contributed by atoms with van der Waals surface area (Å²) in [5.41, 5.74) is 4.41. The Morgan fingerprint density at radius 3 is 1.31 bits per heavy atom. The SMILES string of the molecule is C1CCC([NH2+]C2CCCCC2)CC1.C=CCCC(=O)O.C=CCCC(C)=O.CC(=O)CCC1CC(=O)C1.CC(=O)CCC1CC(=O)C1(Cl)Cl.CC(C)(C)c1ccc(NC(=O)CCC2CC(=O)C2)c([N+](=O)[O-])c1.CC(C)(C)c1ccc2nc(CCC3CC(=O)C3)[nH]c2c1.Cl.O=C(O)CCC1CC(=O)C1.O=C([O-])CCC1CC(=O)C1. The smallest absolute Gasteiger partial charge is 0.303 e. The predicted octanol–water partition coefficient (Wildman–Crippen LogP) is 16.4. The lowest BCUT2D eigenvalue weighted by Crippen LogP contribution is -2.95. The van der Waals surface area contributed by atoms with E-state index in [1.54, 1.807) is 38.1 Å². The zero-order valence-electron chi connectivity index (χ0n) is 68.4. The van der Waals surface area contributed by atoms with Gasteiger partial charge < -0.3 is 50.1 Å². The number of nitrogens with two attached hydrogens (primary N) is 1. The highest BCUT2D eigenvalue weighted by Crippen LogP contribution is 2.47. The highest BCUT2D eigenvalue weighted by atomic mass is 35.5. The number of ketones is 9. The minimum absolute atomic E-state index is 0. The third-order valence-electron chi connectivity index (χ3n) is 21.2. The summed E-state index contributed by atoms with van der Waals surface area (Å²) in [6, 6.07) is 13.4. The van der Waals surface area contributed by atoms with Gasteiger partial charge in [-0.05, 0) is 200 Å². The number of carboxylic acids is 3. The Hall–Kier alpha value is -7.47. The van der Waals surface area contributed by atoms with Crippen LogP contribution in [0.4, 0.5) is 11.4 Å². The number of H-pyrrole nitrogens is 1. The summed E-state index contributed by atoms with van der Waals surface area (Å²) >= 11 is 11.4. The van der Waals surface area contributed by atoms with Gasteiger partial charge >= 0.3 is 11.9 Å². The summed E-state index contributed by atoms with van der Waals surface area (Å²) in [5.74, 6) is 2.29. The minimum Gasteiger partial charge on any atom is -0.550 e. The first kappa shape index (κ1) is 102. The summed E-state index contributed by atoms with van der Waals surface area (Å²) < 4.78 is -1.21. The first-order chi connectivity index (χ1) is 52.6. The van der Waals surface area contributed by atoms with Gasteiger partial charge in [-0.3, -0.25) is 53.3 Å². The molecule has 1 heterocycles. The number of aromatic amines is 1. The lowest BCUT2D eigenvalue weighted by atomic mass is 9.79. The van der Waals surface area contributed by atoms with E-state index in [1.807, 2.05) is 20.8 Å². The number of hydrogen-bond donors (Lipinski definition) is 5. The quantitative estimate of drug-likeness (QED) is 0.0195. The largest absolute Gasteiger partial charge is 0.550 e. The van der Waals surface area contributed by atoms with Crippen LogP contribution in [0.1, 0.15) is 310 Å². The van der Waals surface area contributed by atoms with Crippen molar-refractivity contribution >= 4 is 134 Å². The Bertz CT molecular complexity index is 3500. The number of aliphatic carboxylic acids is 3. The molecule has 2 aromatic carbocycles. The van der Waals surface area contributed by atoms with Crippen molar-refractivity contribution in [3.63, 3.8) is 0 Å². The van der Waals surface area contributed by atoms with E-state index in [9.17, 15) is 77.5 Å². The lowest BCUT2D eigenvalue weighted by molar-refractivity contribution is -0.725. The fourth-order valence-corrected chi connectivity index (χ4v) is 14.1. The summed E-state index contributed by atoms with van der Waals surface area (Å²) in [5, 5.41) is 42.8. The maximum Gasteiger partial charge on any atom is 0.303 e. The molecule has 8 fully saturated rings. The Labute approximate surface area is 684 Å². The van der Waals surface area contributed by atoms with Crippen LogP contribution in [-0.2, 0) is 79.6 Å². The summed E-state index contributed by atoms with van der Waals surface area (Å²) in [6.45, 7) is 24.1. The number of nitrogens with one attached hydrogen (secondary N) is 2. The highest BCUT2D eigenvalue weighted by molar-refractivity contribution is 6.60. The number of Topliss-reactive ketones (excluding diaryl/α,β-unsaturated/α-hetero) is 9. The number of quaternary nitrogens is 1. The molecule has 630 valence electrons. The molecule has 8 saturated carbocycles. The van der Waals surface area contributed by atoms with E-state index in [-0.39, 0.29) is 119 Å². The van der Waals surface area contributed by atoms with Crippen LogP contribution >= 0.6 is 35.6 Å². The van der Waals surface area contributed by atoms with Crippen LogP contribution < -0.4 is 15.7 Å². The van der Waals surface area contributed by atoms with Crippen molar-refractivity contribution in [1.29, 1.82) is 0 Å². The number of alkyl halides is 2. The molecule has 0 radical (unpaired) electrons. The number of nitro groups is 1. The topological polar surface area (TPSA) is 386 Å². The van der Waals surface area contributed by atoms with Crippen LogP contribution in [-0.4, -0.2) is 117 Å². The number of amides is 1. The van der Waals surface area contributed by atoms with Gasteiger partial charge in [0.25, 0.3) is 5.69 Å². The molecule has 1 atom stereocenters. The second-order valence-corrected chi connectivity index (χ2v) is 35.0. The van der Waals surface area contributed by atoms with Gasteiger partial charge in [-0.15, -0.1) is 25.6 Å². The molecule has 0 aliphatic heterocycles. The first-order valence-corrected chi connectivity index (χ1v) is 41.1. The Morgan fingerprint density at radius 1 is 0.558 bits per heavy atom. The van der Waals surface area contributed by atoms with Crippen LogP contribution in [0.3, 0.4) is 0 Å². The molecule has 113 heavy (non-hydrogen) atoms. The van der Waals surface area contributed by atoms with E-state index in [4.69, 9.17) is 33.4 Å². The number of nitro benzene ring substituents is 1. The predicted molar refractivity (Wildman–Crippen MR) is 440 cm³/mol. The summed E-state index contributed by atoms with van der Waals surface area (Å²) in [4.78, 5) is 156. The average molecular weight is 1640 g/mol. The fourth-order valence-electron chi connectivity index (χ4n) is 13.6. The molecular weight excluding hydrogens is 1510 g/mol. The molecule has 11 rings (SSSR count). The molecule has 0 saturated heterocycles. The zero-order chi connectivity index (χ0) is 83.9. The van der Waals surface area contributed by atoms with E-state index >= 15 is 0 Å². The fraction of sp³-hybridized carbons (Fsp3) is 0.655. The molecule has 6 N–H and O–H groups in total. The molecule has 1 amide bonds. The van der Waals surface area contributed by atoms with Crippen LogP contribution in [0, 0.1) is 45.6 Å². The first-order valence-electron chi connectivity index (χ1n) is 40.3. The number of allylic oxidation sites excluding steroid dienone is 2. The van der Waals surface area contributed by atoms with Crippen molar-refractivity contribution in [3.8, 4) is 0 Å². The van der Waals surface area contributed by atoms with Crippen LogP contribution in [0.25, 0.3) is 11.0 Å². The summed E-state index contributed by atoms with van der Waals surface area (Å²) in [7, 11) is 0. The number of carboxylic acid groups (broad SMARTS) is 3. The number of hydrogen-bond acceptors (Lipinski definition) is 17. The Kier molecular flexibility index (Phi) is 46.9. The van der Waals surface area contributed by atoms with Gasteiger partial charge in [0.2, 0.25) is 5.91 Å². The Morgan fingerprint density at radius 2 is 0.947 bits per heavy atom. The number of benzene rings is 2. The molecule has 23 nitrogen and oxygen atoms in total. The third-order valence-corrected chi connectivity index (χ3v) is 22.2. The number of nitrogens with zero attached hydrogens (tertiary/aromatic N) is 2. The number of carbonyl (C=O) groups is 13. The molecular formula is C87H128Cl3N5O18. The maximum atomic E-state index is 12.0. The number of fused-ring (bicyclic) bond motifs is 1.